The zero-order chi connectivity index (χ0) is 19.3. The molecule has 2 aromatic carbocycles. The van der Waals surface area contributed by atoms with Gasteiger partial charge in [-0.05, 0) is 49.5 Å². The van der Waals surface area contributed by atoms with Crippen LogP contribution in [0.1, 0.15) is 10.4 Å². The Labute approximate surface area is 156 Å². The molecule has 0 unspecified atom stereocenters. The molecule has 0 heterocycles. The minimum absolute atomic E-state index is 0.0521. The summed E-state index contributed by atoms with van der Waals surface area (Å²) in [5, 5.41) is 0.149. The van der Waals surface area contributed by atoms with Gasteiger partial charge in [0, 0.05) is 7.05 Å². The average Bonchev–Trinajstić information content (AvgIpc) is 2.63. The lowest BCUT2D eigenvalue weighted by Crippen LogP contribution is -2.31. The monoisotopic (exact) mass is 400 g/mol. The van der Waals surface area contributed by atoms with Gasteiger partial charge in [0.05, 0.1) is 22.0 Å². The van der Waals surface area contributed by atoms with Gasteiger partial charge in [-0.15, -0.1) is 0 Å². The number of benzene rings is 2. The van der Waals surface area contributed by atoms with E-state index in [9.17, 15) is 17.6 Å². The predicted molar refractivity (Wildman–Crippen MR) is 96.6 cm³/mol. The van der Waals surface area contributed by atoms with Crippen molar-refractivity contribution in [2.24, 2.45) is 0 Å². The number of nitrogens with one attached hydrogen (secondary N) is 1. The third-order valence-electron chi connectivity index (χ3n) is 3.60. The summed E-state index contributed by atoms with van der Waals surface area (Å²) in [7, 11) is -0.858. The summed E-state index contributed by atoms with van der Waals surface area (Å²) in [5.41, 5.74) is 0.0762. The highest BCUT2D eigenvalue weighted by molar-refractivity contribution is 7.89. The third kappa shape index (κ3) is 4.94. The van der Waals surface area contributed by atoms with Gasteiger partial charge >= 0.3 is 0 Å². The molecule has 1 N–H and O–H groups in total. The highest BCUT2D eigenvalue weighted by atomic mass is 35.5. The summed E-state index contributed by atoms with van der Waals surface area (Å²) in [4.78, 5) is 13.9. The van der Waals surface area contributed by atoms with E-state index < -0.39 is 15.9 Å². The lowest BCUT2D eigenvalue weighted by Gasteiger charge is -2.18. The molecule has 0 spiro atoms. The smallest absolute Gasteiger partial charge is 0.255 e. The highest BCUT2D eigenvalue weighted by Gasteiger charge is 2.19. The van der Waals surface area contributed by atoms with Crippen molar-refractivity contribution in [2.45, 2.75) is 4.90 Å². The molecule has 0 aliphatic carbocycles. The Bertz CT molecular complexity index is 888. The topological polar surface area (TPSA) is 75.7 Å². The van der Waals surface area contributed by atoms with Crippen molar-refractivity contribution in [3.8, 4) is 5.75 Å². The van der Waals surface area contributed by atoms with E-state index in [1.807, 2.05) is 0 Å². The Balaban J connectivity index is 2.05. The van der Waals surface area contributed by atoms with E-state index in [-0.39, 0.29) is 34.5 Å². The average molecular weight is 401 g/mol. The van der Waals surface area contributed by atoms with Crippen LogP contribution in [0.15, 0.2) is 47.4 Å². The Hall–Kier alpha value is -2.16. The normalized spacial score (nSPS) is 11.2. The van der Waals surface area contributed by atoms with Crippen LogP contribution in [0.3, 0.4) is 0 Å². The number of likely N-dealkylation sites (N-methyl/N-ethyl adjacent to an activating group) is 1. The van der Waals surface area contributed by atoms with E-state index in [2.05, 4.69) is 4.72 Å². The number of ether oxygens (including phenoxy) is 1. The molecule has 0 saturated heterocycles. The van der Waals surface area contributed by atoms with Crippen LogP contribution in [0.5, 0.6) is 5.75 Å². The largest absolute Gasteiger partial charge is 0.492 e. The van der Waals surface area contributed by atoms with Crippen LogP contribution in [-0.2, 0) is 10.0 Å². The molecule has 1 amide bonds. The Morgan fingerprint density at radius 2 is 1.88 bits per heavy atom. The summed E-state index contributed by atoms with van der Waals surface area (Å²) in [5.74, 6) is -0.325. The molecule has 9 heteroatoms. The molecule has 0 radical (unpaired) electrons. The first kappa shape index (κ1) is 20.2. The van der Waals surface area contributed by atoms with Crippen molar-refractivity contribution in [1.82, 2.24) is 9.62 Å². The van der Waals surface area contributed by atoms with Crippen molar-refractivity contribution in [1.29, 1.82) is 0 Å². The molecular weight excluding hydrogens is 383 g/mol. The SMILES string of the molecule is CNS(=O)(=O)c1ccc(Cl)c(C(=O)N(C)CCOc2ccc(F)cc2)c1. The van der Waals surface area contributed by atoms with Crippen LogP contribution in [-0.4, -0.2) is 46.5 Å². The van der Waals surface area contributed by atoms with Gasteiger partial charge in [-0.3, -0.25) is 4.79 Å². The number of hydrogen-bond donors (Lipinski definition) is 1. The van der Waals surface area contributed by atoms with E-state index in [1.165, 1.54) is 54.4 Å². The maximum atomic E-state index is 12.8. The molecule has 0 atom stereocenters. The molecule has 0 saturated carbocycles. The molecule has 0 aliphatic heterocycles. The molecule has 2 aromatic rings. The molecule has 0 bridgehead atoms. The fourth-order valence-electron chi connectivity index (χ4n) is 2.09. The van der Waals surface area contributed by atoms with Gasteiger partial charge in [0.25, 0.3) is 5.91 Å². The second-order valence-electron chi connectivity index (χ2n) is 5.38. The van der Waals surface area contributed by atoms with Crippen LogP contribution in [0.25, 0.3) is 0 Å². The van der Waals surface area contributed by atoms with Crippen molar-refractivity contribution < 1.29 is 22.3 Å². The maximum absolute atomic E-state index is 12.8. The van der Waals surface area contributed by atoms with Gasteiger partial charge in [0.2, 0.25) is 10.0 Å². The molecular formula is C17H18ClFN2O4S. The second-order valence-corrected chi connectivity index (χ2v) is 7.67. The van der Waals surface area contributed by atoms with E-state index in [4.69, 9.17) is 16.3 Å². The predicted octanol–water partition coefficient (Wildman–Crippen LogP) is 2.54. The molecule has 0 fully saturated rings. The number of hydrogen-bond acceptors (Lipinski definition) is 4. The molecule has 0 aliphatic rings. The Morgan fingerprint density at radius 1 is 1.23 bits per heavy atom. The van der Waals surface area contributed by atoms with Gasteiger partial charge in [-0.25, -0.2) is 17.5 Å². The Kier molecular flexibility index (Phi) is 6.57. The summed E-state index contributed by atoms with van der Waals surface area (Å²) >= 11 is 6.04. The van der Waals surface area contributed by atoms with Gasteiger partial charge in [0.15, 0.2) is 0 Å². The first-order chi connectivity index (χ1) is 12.2. The van der Waals surface area contributed by atoms with Crippen LogP contribution >= 0.6 is 11.6 Å². The molecule has 26 heavy (non-hydrogen) atoms. The lowest BCUT2D eigenvalue weighted by atomic mass is 10.2. The van der Waals surface area contributed by atoms with Crippen LogP contribution in [0.4, 0.5) is 4.39 Å². The maximum Gasteiger partial charge on any atom is 0.255 e. The fourth-order valence-corrected chi connectivity index (χ4v) is 3.05. The van der Waals surface area contributed by atoms with Crippen LogP contribution in [0, 0.1) is 5.82 Å². The van der Waals surface area contributed by atoms with Gasteiger partial charge in [-0.1, -0.05) is 11.6 Å². The first-order valence-corrected chi connectivity index (χ1v) is 9.47. The van der Waals surface area contributed by atoms with Crippen molar-refractivity contribution in [3.63, 3.8) is 0 Å². The quantitative estimate of drug-likeness (QED) is 0.775. The molecule has 0 aromatic heterocycles. The minimum atomic E-state index is -3.69. The first-order valence-electron chi connectivity index (χ1n) is 7.61. The number of sulfonamides is 1. The standard InChI is InChI=1S/C17H18ClFN2O4S/c1-20-26(23,24)14-7-8-16(18)15(11-14)17(22)21(2)9-10-25-13-5-3-12(19)4-6-13/h3-8,11,20H,9-10H2,1-2H3. The van der Waals surface area contributed by atoms with E-state index >= 15 is 0 Å². The summed E-state index contributed by atoms with van der Waals surface area (Å²) in [6.45, 7) is 0.412. The fraction of sp³-hybridized carbons (Fsp3) is 0.235. The number of halogens is 2. The highest BCUT2D eigenvalue weighted by Crippen LogP contribution is 2.22. The van der Waals surface area contributed by atoms with E-state index in [0.29, 0.717) is 5.75 Å². The molecule has 6 nitrogen and oxygen atoms in total. The van der Waals surface area contributed by atoms with E-state index in [1.54, 1.807) is 7.05 Å². The number of rotatable bonds is 7. The minimum Gasteiger partial charge on any atom is -0.492 e. The summed E-state index contributed by atoms with van der Waals surface area (Å²) < 4.78 is 44.2. The summed E-state index contributed by atoms with van der Waals surface area (Å²) in [6, 6.07) is 9.44. The second kappa shape index (κ2) is 8.48. The van der Waals surface area contributed by atoms with Crippen LogP contribution < -0.4 is 9.46 Å². The zero-order valence-electron chi connectivity index (χ0n) is 14.2. The Morgan fingerprint density at radius 3 is 2.50 bits per heavy atom. The van der Waals surface area contributed by atoms with Crippen LogP contribution in [0.2, 0.25) is 5.02 Å². The number of carbonyl (C=O) groups excluding carboxylic acids is 1. The van der Waals surface area contributed by atoms with Crippen molar-refractivity contribution in [3.05, 3.63) is 58.9 Å². The molecule has 2 rings (SSSR count). The number of amides is 1. The summed E-state index contributed by atoms with van der Waals surface area (Å²) in [6.07, 6.45) is 0. The van der Waals surface area contributed by atoms with Gasteiger partial charge < -0.3 is 9.64 Å². The number of nitrogens with zero attached hydrogens (tertiary/aromatic N) is 1. The van der Waals surface area contributed by atoms with E-state index in [0.717, 1.165) is 0 Å². The molecule has 140 valence electrons. The van der Waals surface area contributed by atoms with Gasteiger partial charge in [0.1, 0.15) is 18.2 Å². The zero-order valence-corrected chi connectivity index (χ0v) is 15.8. The van der Waals surface area contributed by atoms with Crippen molar-refractivity contribution in [2.75, 3.05) is 27.2 Å². The lowest BCUT2D eigenvalue weighted by molar-refractivity contribution is 0.0773. The third-order valence-corrected chi connectivity index (χ3v) is 5.34. The van der Waals surface area contributed by atoms with Crippen molar-refractivity contribution >= 4 is 27.5 Å². The van der Waals surface area contributed by atoms with Gasteiger partial charge in [-0.2, -0.15) is 0 Å². The number of carbonyl (C=O) groups is 1.